The minimum Gasteiger partial charge on any atom is -0.451 e. The van der Waals surface area contributed by atoms with E-state index >= 15 is 0 Å². The molecule has 0 fully saturated rings. The van der Waals surface area contributed by atoms with Crippen molar-refractivity contribution in [1.82, 2.24) is 5.32 Å². The Balaban J connectivity index is 1.92. The van der Waals surface area contributed by atoms with E-state index in [-0.39, 0.29) is 24.5 Å². The van der Waals surface area contributed by atoms with Crippen LogP contribution in [0.25, 0.3) is 0 Å². The lowest BCUT2D eigenvalue weighted by molar-refractivity contribution is -0.124. The third-order valence-electron chi connectivity index (χ3n) is 3.75. The maximum Gasteiger partial charge on any atom is 0.348 e. The van der Waals surface area contributed by atoms with E-state index in [4.69, 9.17) is 4.74 Å². The molecule has 1 aliphatic carbocycles. The monoisotopic (exact) mass is 309 g/mol. The van der Waals surface area contributed by atoms with Crippen LogP contribution >= 0.6 is 11.3 Å². The lowest BCUT2D eigenvalue weighted by Crippen LogP contribution is -2.33. The van der Waals surface area contributed by atoms with Gasteiger partial charge < -0.3 is 10.1 Å². The van der Waals surface area contributed by atoms with Gasteiger partial charge in [0.1, 0.15) is 4.88 Å². The quantitative estimate of drug-likeness (QED) is 0.851. The summed E-state index contributed by atoms with van der Waals surface area (Å²) in [5, 5.41) is 2.70. The average molecular weight is 309 g/mol. The molecule has 0 spiro atoms. The van der Waals surface area contributed by atoms with Crippen LogP contribution < -0.4 is 5.32 Å². The highest BCUT2D eigenvalue weighted by Gasteiger charge is 2.22. The first-order valence-electron chi connectivity index (χ1n) is 7.57. The molecule has 2 rings (SSSR count). The molecule has 1 aliphatic rings. The van der Waals surface area contributed by atoms with Crippen LogP contribution in [0, 0.1) is 5.92 Å². The van der Waals surface area contributed by atoms with Gasteiger partial charge in [-0.3, -0.25) is 4.79 Å². The molecule has 1 unspecified atom stereocenters. The summed E-state index contributed by atoms with van der Waals surface area (Å²) in [6, 6.07) is 2.00. The molecule has 1 N–H and O–H groups in total. The zero-order chi connectivity index (χ0) is 15.4. The Morgan fingerprint density at radius 3 is 2.90 bits per heavy atom. The Labute approximate surface area is 129 Å². The topological polar surface area (TPSA) is 55.4 Å². The zero-order valence-electron chi connectivity index (χ0n) is 12.9. The number of carbonyl (C=O) groups is 2. The van der Waals surface area contributed by atoms with Gasteiger partial charge in [-0.05, 0) is 50.7 Å². The Bertz CT molecular complexity index is 522. The van der Waals surface area contributed by atoms with Crippen molar-refractivity contribution in [2.24, 2.45) is 5.92 Å². The second-order valence-corrected chi connectivity index (χ2v) is 7.01. The first-order valence-corrected chi connectivity index (χ1v) is 8.39. The first kappa shape index (κ1) is 16.0. The van der Waals surface area contributed by atoms with E-state index in [0.29, 0.717) is 4.88 Å². The number of hydrogen-bond donors (Lipinski definition) is 1. The van der Waals surface area contributed by atoms with Gasteiger partial charge in [-0.1, -0.05) is 13.3 Å². The van der Waals surface area contributed by atoms with E-state index < -0.39 is 0 Å². The number of amides is 1. The van der Waals surface area contributed by atoms with Crippen LogP contribution in [-0.2, 0) is 22.4 Å². The minimum atomic E-state index is -0.388. The molecule has 0 radical (unpaired) electrons. The molecule has 0 aromatic carbocycles. The molecular formula is C16H23NO3S. The van der Waals surface area contributed by atoms with Crippen molar-refractivity contribution in [2.45, 2.75) is 52.5 Å². The zero-order valence-corrected chi connectivity index (χ0v) is 13.7. The van der Waals surface area contributed by atoms with E-state index in [1.807, 2.05) is 19.9 Å². The number of thiophene rings is 1. The lowest BCUT2D eigenvalue weighted by atomic mass is 9.87. The summed E-state index contributed by atoms with van der Waals surface area (Å²) < 4.78 is 5.08. The molecule has 0 bridgehead atoms. The Morgan fingerprint density at radius 1 is 1.48 bits per heavy atom. The third kappa shape index (κ3) is 4.30. The number of ether oxygens (including phenoxy) is 1. The van der Waals surface area contributed by atoms with Gasteiger partial charge in [0.25, 0.3) is 5.91 Å². The molecule has 116 valence electrons. The third-order valence-corrected chi connectivity index (χ3v) is 4.96. The fourth-order valence-corrected chi connectivity index (χ4v) is 3.72. The van der Waals surface area contributed by atoms with Crippen molar-refractivity contribution in [1.29, 1.82) is 0 Å². The van der Waals surface area contributed by atoms with E-state index in [1.165, 1.54) is 34.6 Å². The summed E-state index contributed by atoms with van der Waals surface area (Å²) in [6.07, 6.45) is 4.50. The normalized spacial score (nSPS) is 17.4. The maximum atomic E-state index is 12.0. The summed E-state index contributed by atoms with van der Waals surface area (Å²) in [4.78, 5) is 25.4. The van der Waals surface area contributed by atoms with Crippen LogP contribution in [0.2, 0.25) is 0 Å². The minimum absolute atomic E-state index is 0.0521. The highest BCUT2D eigenvalue weighted by Crippen LogP contribution is 2.33. The number of fused-ring (bicyclic) bond motifs is 1. The van der Waals surface area contributed by atoms with E-state index in [9.17, 15) is 9.59 Å². The average Bonchev–Trinajstić information content (AvgIpc) is 2.86. The van der Waals surface area contributed by atoms with Gasteiger partial charge in [-0.25, -0.2) is 4.79 Å². The number of aryl methyl sites for hydroxylation is 1. The van der Waals surface area contributed by atoms with Gasteiger partial charge >= 0.3 is 5.97 Å². The molecule has 0 aliphatic heterocycles. The van der Waals surface area contributed by atoms with E-state index in [0.717, 1.165) is 18.8 Å². The molecule has 1 atom stereocenters. The molecular weight excluding hydrogens is 286 g/mol. The molecule has 5 heteroatoms. The first-order chi connectivity index (χ1) is 9.99. The molecule has 4 nitrogen and oxygen atoms in total. The Hall–Kier alpha value is -1.36. The van der Waals surface area contributed by atoms with Crippen molar-refractivity contribution >= 4 is 23.2 Å². The van der Waals surface area contributed by atoms with Crippen molar-refractivity contribution < 1.29 is 14.3 Å². The van der Waals surface area contributed by atoms with Crippen LogP contribution in [0.3, 0.4) is 0 Å². The standard InChI is InChI=1S/C16H23NO3S/c1-4-11-5-6-13-12(7-11)8-14(21-13)16(19)20-9-15(18)17-10(2)3/h8,10-11H,4-7,9H2,1-3H3,(H,17,18). The van der Waals surface area contributed by atoms with Crippen molar-refractivity contribution in [3.05, 3.63) is 21.4 Å². The second kappa shape index (κ2) is 7.07. The summed E-state index contributed by atoms with van der Waals surface area (Å²) >= 11 is 1.52. The summed E-state index contributed by atoms with van der Waals surface area (Å²) in [5.41, 5.74) is 1.29. The van der Waals surface area contributed by atoms with Gasteiger partial charge in [0, 0.05) is 10.9 Å². The maximum absolute atomic E-state index is 12.0. The second-order valence-electron chi connectivity index (χ2n) is 5.87. The van der Waals surface area contributed by atoms with Gasteiger partial charge in [-0.15, -0.1) is 11.3 Å². The number of hydrogen-bond acceptors (Lipinski definition) is 4. The lowest BCUT2D eigenvalue weighted by Gasteiger charge is -2.19. The summed E-state index contributed by atoms with van der Waals surface area (Å²) in [7, 11) is 0. The van der Waals surface area contributed by atoms with Gasteiger partial charge in [-0.2, -0.15) is 0 Å². The molecule has 0 saturated heterocycles. The van der Waals surface area contributed by atoms with E-state index in [1.54, 1.807) is 0 Å². The predicted molar refractivity (Wildman–Crippen MR) is 83.7 cm³/mol. The van der Waals surface area contributed by atoms with Crippen LogP contribution in [0.1, 0.15) is 53.7 Å². The van der Waals surface area contributed by atoms with Crippen LogP contribution in [0.15, 0.2) is 6.07 Å². The smallest absolute Gasteiger partial charge is 0.348 e. The number of esters is 1. The van der Waals surface area contributed by atoms with Crippen LogP contribution in [0.5, 0.6) is 0 Å². The number of carbonyl (C=O) groups excluding carboxylic acids is 2. The van der Waals surface area contributed by atoms with Gasteiger partial charge in [0.15, 0.2) is 6.61 Å². The summed E-state index contributed by atoms with van der Waals surface area (Å²) in [5.74, 6) is 0.0832. The van der Waals surface area contributed by atoms with E-state index in [2.05, 4.69) is 12.2 Å². The highest BCUT2D eigenvalue weighted by molar-refractivity contribution is 7.14. The number of rotatable bonds is 5. The molecule has 1 amide bonds. The van der Waals surface area contributed by atoms with Crippen molar-refractivity contribution in [3.63, 3.8) is 0 Å². The molecule has 1 aromatic heterocycles. The van der Waals surface area contributed by atoms with Gasteiger partial charge in [0.2, 0.25) is 0 Å². The van der Waals surface area contributed by atoms with Crippen LogP contribution in [-0.4, -0.2) is 24.5 Å². The summed E-state index contributed by atoms with van der Waals surface area (Å²) in [6.45, 7) is 5.75. The molecule has 1 aromatic rings. The fourth-order valence-electron chi connectivity index (χ4n) is 2.61. The Kier molecular flexibility index (Phi) is 5.39. The highest BCUT2D eigenvalue weighted by atomic mass is 32.1. The fraction of sp³-hybridized carbons (Fsp3) is 0.625. The molecule has 1 heterocycles. The number of nitrogens with one attached hydrogen (secondary N) is 1. The van der Waals surface area contributed by atoms with Crippen LogP contribution in [0.4, 0.5) is 0 Å². The SMILES string of the molecule is CCC1CCc2sc(C(=O)OCC(=O)NC(C)C)cc2C1. The Morgan fingerprint density at radius 2 is 2.24 bits per heavy atom. The molecule has 21 heavy (non-hydrogen) atoms. The molecule has 0 saturated carbocycles. The predicted octanol–water partition coefficient (Wildman–Crippen LogP) is 2.94. The van der Waals surface area contributed by atoms with Crippen molar-refractivity contribution in [3.8, 4) is 0 Å². The largest absolute Gasteiger partial charge is 0.451 e. The van der Waals surface area contributed by atoms with Crippen molar-refractivity contribution in [2.75, 3.05) is 6.61 Å². The van der Waals surface area contributed by atoms with Gasteiger partial charge in [0.05, 0.1) is 0 Å².